The van der Waals surface area contributed by atoms with E-state index in [9.17, 15) is 19.2 Å². The van der Waals surface area contributed by atoms with Gasteiger partial charge in [-0.1, -0.05) is 42.0 Å². The number of aryl methyl sites for hydroxylation is 1. The molecule has 0 heterocycles. The fraction of sp³-hybridized carbons (Fsp3) is 0.0667. The van der Waals surface area contributed by atoms with Crippen molar-refractivity contribution in [2.45, 2.75) is 6.92 Å². The summed E-state index contributed by atoms with van der Waals surface area (Å²) in [5.41, 5.74) is 2.85. The molecule has 0 aliphatic carbocycles. The first-order chi connectivity index (χ1) is 17.9. The molecule has 0 saturated heterocycles. The molecular formula is C30H23NO6. The molecule has 4 rings (SSSR count). The van der Waals surface area contributed by atoms with Gasteiger partial charge in [-0.3, -0.25) is 9.59 Å². The smallest absolute Gasteiger partial charge is 0.343 e. The normalized spacial score (nSPS) is 10.3. The number of hydrogen-bond donors (Lipinski definition) is 1. The Kier molecular flexibility index (Phi) is 7.85. The minimum atomic E-state index is -0.701. The monoisotopic (exact) mass is 493 g/mol. The van der Waals surface area contributed by atoms with Crippen molar-refractivity contribution in [2.75, 3.05) is 11.9 Å². The molecule has 0 unspecified atom stereocenters. The maximum absolute atomic E-state index is 12.5. The highest BCUT2D eigenvalue weighted by molar-refractivity contribution is 6.05. The second kappa shape index (κ2) is 11.6. The highest BCUT2D eigenvalue weighted by Gasteiger charge is 2.14. The molecule has 0 saturated carbocycles. The van der Waals surface area contributed by atoms with Crippen molar-refractivity contribution in [3.05, 3.63) is 131 Å². The van der Waals surface area contributed by atoms with E-state index in [2.05, 4.69) is 5.32 Å². The predicted molar refractivity (Wildman–Crippen MR) is 138 cm³/mol. The summed E-state index contributed by atoms with van der Waals surface area (Å²) in [5.74, 6) is -1.65. The summed E-state index contributed by atoms with van der Waals surface area (Å²) in [4.78, 5) is 49.6. The molecule has 7 heteroatoms. The Morgan fingerprint density at radius 2 is 1.30 bits per heavy atom. The Balaban J connectivity index is 1.31. The Morgan fingerprint density at radius 1 is 0.649 bits per heavy atom. The second-order valence-corrected chi connectivity index (χ2v) is 8.18. The van der Waals surface area contributed by atoms with E-state index in [1.54, 1.807) is 54.6 Å². The third kappa shape index (κ3) is 6.76. The van der Waals surface area contributed by atoms with Crippen LogP contribution >= 0.6 is 0 Å². The maximum Gasteiger partial charge on any atom is 0.343 e. The Bertz CT molecular complexity index is 1430. The predicted octanol–water partition coefficient (Wildman–Crippen LogP) is 5.51. The number of carbonyl (C=O) groups excluding carboxylic acids is 4. The number of Topliss-reactive ketones (excluding diaryl/α,β-unsaturated/α-hetero) is 1. The van der Waals surface area contributed by atoms with Crippen molar-refractivity contribution >= 4 is 29.3 Å². The van der Waals surface area contributed by atoms with Crippen molar-refractivity contribution in [1.29, 1.82) is 0 Å². The van der Waals surface area contributed by atoms with E-state index < -0.39 is 24.3 Å². The number of anilines is 1. The molecule has 0 spiro atoms. The molecule has 0 aliphatic heterocycles. The number of hydrogen-bond acceptors (Lipinski definition) is 6. The molecule has 184 valence electrons. The maximum atomic E-state index is 12.5. The van der Waals surface area contributed by atoms with Crippen molar-refractivity contribution in [1.82, 2.24) is 0 Å². The quantitative estimate of drug-likeness (QED) is 0.198. The van der Waals surface area contributed by atoms with Gasteiger partial charge in [0.1, 0.15) is 5.75 Å². The zero-order valence-corrected chi connectivity index (χ0v) is 20.0. The molecule has 0 aliphatic rings. The molecule has 4 aromatic rings. The minimum Gasteiger partial charge on any atom is -0.454 e. The summed E-state index contributed by atoms with van der Waals surface area (Å²) in [5, 5.41) is 2.74. The zero-order chi connectivity index (χ0) is 26.2. The minimum absolute atomic E-state index is 0.192. The molecule has 7 nitrogen and oxygen atoms in total. The van der Waals surface area contributed by atoms with Gasteiger partial charge in [-0.2, -0.15) is 0 Å². The molecule has 1 N–H and O–H groups in total. The van der Waals surface area contributed by atoms with E-state index in [0.29, 0.717) is 22.4 Å². The van der Waals surface area contributed by atoms with E-state index in [1.165, 1.54) is 36.4 Å². The van der Waals surface area contributed by atoms with Gasteiger partial charge < -0.3 is 14.8 Å². The average Bonchev–Trinajstić information content (AvgIpc) is 2.93. The summed E-state index contributed by atoms with van der Waals surface area (Å²) < 4.78 is 10.5. The lowest BCUT2D eigenvalue weighted by molar-refractivity contribution is 0.0474. The largest absolute Gasteiger partial charge is 0.454 e. The fourth-order valence-electron chi connectivity index (χ4n) is 3.38. The highest BCUT2D eigenvalue weighted by atomic mass is 16.5. The van der Waals surface area contributed by atoms with Gasteiger partial charge in [0.25, 0.3) is 5.91 Å². The number of ether oxygens (including phenoxy) is 2. The number of carbonyl (C=O) groups is 4. The number of nitrogens with one attached hydrogen (secondary N) is 1. The molecule has 4 aromatic carbocycles. The van der Waals surface area contributed by atoms with E-state index in [4.69, 9.17) is 9.47 Å². The van der Waals surface area contributed by atoms with E-state index in [-0.39, 0.29) is 17.2 Å². The highest BCUT2D eigenvalue weighted by Crippen LogP contribution is 2.16. The number of ketones is 1. The zero-order valence-electron chi connectivity index (χ0n) is 20.0. The van der Waals surface area contributed by atoms with Crippen LogP contribution in [0.1, 0.15) is 47.0 Å². The standard InChI is InChI=1S/C30H23NO6/c1-20-10-12-22(13-11-20)28(33)31-25-9-5-8-24(18-25)29(34)36-19-27(32)21-14-16-26(17-15-21)37-30(35)23-6-3-2-4-7-23/h2-18H,19H2,1H3,(H,31,33). The topological polar surface area (TPSA) is 98.8 Å². The number of amides is 1. The van der Waals surface area contributed by atoms with Crippen LogP contribution in [0.2, 0.25) is 0 Å². The third-order valence-electron chi connectivity index (χ3n) is 5.40. The third-order valence-corrected chi connectivity index (χ3v) is 5.40. The van der Waals surface area contributed by atoms with Gasteiger partial charge in [0, 0.05) is 16.8 Å². The Morgan fingerprint density at radius 3 is 2.00 bits per heavy atom. The van der Waals surface area contributed by atoms with Crippen LogP contribution in [0.3, 0.4) is 0 Å². The van der Waals surface area contributed by atoms with Gasteiger partial charge >= 0.3 is 11.9 Å². The van der Waals surface area contributed by atoms with Crippen molar-refractivity contribution in [2.24, 2.45) is 0 Å². The Labute approximate surface area is 213 Å². The first-order valence-electron chi connectivity index (χ1n) is 11.4. The lowest BCUT2D eigenvalue weighted by Gasteiger charge is -2.09. The van der Waals surface area contributed by atoms with Crippen LogP contribution in [0.15, 0.2) is 103 Å². The van der Waals surface area contributed by atoms with Crippen molar-refractivity contribution < 1.29 is 28.7 Å². The Hall–Kier alpha value is -5.04. The molecule has 1 amide bonds. The van der Waals surface area contributed by atoms with E-state index in [1.807, 2.05) is 19.1 Å². The SMILES string of the molecule is Cc1ccc(C(=O)Nc2cccc(C(=O)OCC(=O)c3ccc(OC(=O)c4ccccc4)cc3)c2)cc1. The lowest BCUT2D eigenvalue weighted by Crippen LogP contribution is -2.15. The summed E-state index contributed by atoms with van der Waals surface area (Å²) >= 11 is 0. The van der Waals surface area contributed by atoms with Gasteiger partial charge in [0.15, 0.2) is 12.4 Å². The van der Waals surface area contributed by atoms with Crippen LogP contribution < -0.4 is 10.1 Å². The van der Waals surface area contributed by atoms with Gasteiger partial charge in [0.2, 0.25) is 0 Å². The van der Waals surface area contributed by atoms with Gasteiger partial charge in [-0.25, -0.2) is 9.59 Å². The molecule has 0 atom stereocenters. The second-order valence-electron chi connectivity index (χ2n) is 8.18. The molecule has 0 aromatic heterocycles. The van der Waals surface area contributed by atoms with Crippen LogP contribution in [-0.4, -0.2) is 30.2 Å². The van der Waals surface area contributed by atoms with Crippen molar-refractivity contribution in [3.8, 4) is 5.75 Å². The lowest BCUT2D eigenvalue weighted by atomic mass is 10.1. The van der Waals surface area contributed by atoms with Crippen molar-refractivity contribution in [3.63, 3.8) is 0 Å². The molecule has 37 heavy (non-hydrogen) atoms. The van der Waals surface area contributed by atoms with Crippen LogP contribution in [0.5, 0.6) is 5.75 Å². The fourth-order valence-corrected chi connectivity index (χ4v) is 3.38. The summed E-state index contributed by atoms with van der Waals surface area (Å²) in [6.07, 6.45) is 0. The number of benzene rings is 4. The van der Waals surface area contributed by atoms with Crippen LogP contribution in [0.4, 0.5) is 5.69 Å². The first kappa shape index (κ1) is 25.1. The summed E-state index contributed by atoms with van der Waals surface area (Å²) in [6.45, 7) is 1.46. The van der Waals surface area contributed by atoms with E-state index in [0.717, 1.165) is 5.56 Å². The first-order valence-corrected chi connectivity index (χ1v) is 11.4. The number of esters is 2. The summed E-state index contributed by atoms with van der Waals surface area (Å²) in [7, 11) is 0. The molecular weight excluding hydrogens is 470 g/mol. The average molecular weight is 494 g/mol. The number of rotatable bonds is 8. The van der Waals surface area contributed by atoms with E-state index >= 15 is 0 Å². The van der Waals surface area contributed by atoms with Gasteiger partial charge in [-0.15, -0.1) is 0 Å². The van der Waals surface area contributed by atoms with Crippen LogP contribution in [0, 0.1) is 6.92 Å². The molecule has 0 fully saturated rings. The summed E-state index contributed by atoms with van der Waals surface area (Å²) in [6, 6.07) is 27.9. The molecule has 0 radical (unpaired) electrons. The van der Waals surface area contributed by atoms with Crippen LogP contribution in [-0.2, 0) is 4.74 Å². The van der Waals surface area contributed by atoms with Gasteiger partial charge in [-0.05, 0) is 73.7 Å². The molecule has 0 bridgehead atoms. The van der Waals surface area contributed by atoms with Crippen LogP contribution in [0.25, 0.3) is 0 Å². The van der Waals surface area contributed by atoms with Gasteiger partial charge in [0.05, 0.1) is 11.1 Å².